The van der Waals surface area contributed by atoms with Crippen LogP contribution < -0.4 is 0 Å². The molecule has 0 aliphatic carbocycles. The van der Waals surface area contributed by atoms with Crippen LogP contribution in [-0.2, 0) is 4.74 Å². The Hall–Kier alpha value is -0.770. The van der Waals surface area contributed by atoms with Gasteiger partial charge in [-0.2, -0.15) is 0 Å². The number of unbranched alkanes of at least 4 members (excludes halogenated alkanes) is 2. The molecule has 0 aromatic rings. The number of hydrogen-bond acceptors (Lipinski definition) is 3. The Bertz CT molecular complexity index is 382. The molecule has 1 spiro atoms. The van der Waals surface area contributed by atoms with Crippen molar-refractivity contribution < 1.29 is 9.53 Å². The summed E-state index contributed by atoms with van der Waals surface area (Å²) in [5, 5.41) is 0. The molecule has 4 heteroatoms. The lowest BCUT2D eigenvalue weighted by Gasteiger charge is -2.27. The third kappa shape index (κ3) is 1.33. The summed E-state index contributed by atoms with van der Waals surface area (Å²) in [5.41, 5.74) is 0.104. The zero-order chi connectivity index (χ0) is 13.1. The molecular weight excluding hydrogens is 228 g/mol. The maximum atomic E-state index is 11.9. The second-order valence-corrected chi connectivity index (χ2v) is 6.72. The van der Waals surface area contributed by atoms with Gasteiger partial charge in [-0.3, -0.25) is 9.80 Å². The minimum Gasteiger partial charge on any atom is -0.449 e. The number of carbonyl (C=O) groups excluding carboxylic acids is 1. The van der Waals surface area contributed by atoms with Crippen LogP contribution in [0, 0.1) is 5.41 Å². The molecule has 0 saturated carbocycles. The number of nitrogens with zero attached hydrogens (tertiary/aromatic N) is 2. The van der Waals surface area contributed by atoms with Gasteiger partial charge in [-0.15, -0.1) is 0 Å². The molecule has 3 rings (SSSR count). The molecule has 3 aliphatic rings. The SMILES string of the molecule is CCCCCC1[N@@](C)C12[C@@H]1N2C(=O)OCC1(C)C. The van der Waals surface area contributed by atoms with Crippen molar-refractivity contribution in [3.8, 4) is 0 Å². The smallest absolute Gasteiger partial charge is 0.411 e. The van der Waals surface area contributed by atoms with E-state index in [1.165, 1.54) is 25.7 Å². The van der Waals surface area contributed by atoms with E-state index in [-0.39, 0.29) is 17.2 Å². The highest BCUT2D eigenvalue weighted by Gasteiger charge is 2.87. The molecule has 0 radical (unpaired) electrons. The predicted octanol–water partition coefficient (Wildman–Crippen LogP) is 2.44. The van der Waals surface area contributed by atoms with E-state index in [9.17, 15) is 4.79 Å². The molecule has 1 amide bonds. The summed E-state index contributed by atoms with van der Waals surface area (Å²) in [5.74, 6) is 0. The number of cyclic esters (lactones) is 1. The highest BCUT2D eigenvalue weighted by atomic mass is 16.6. The molecule has 4 nitrogen and oxygen atoms in total. The molecule has 2 unspecified atom stereocenters. The molecule has 102 valence electrons. The maximum absolute atomic E-state index is 11.9. The van der Waals surface area contributed by atoms with Crippen LogP contribution >= 0.6 is 0 Å². The fourth-order valence-electron chi connectivity index (χ4n) is 4.06. The van der Waals surface area contributed by atoms with Crippen LogP contribution in [0.1, 0.15) is 46.5 Å². The van der Waals surface area contributed by atoms with E-state index in [1.54, 1.807) is 0 Å². The predicted molar refractivity (Wildman–Crippen MR) is 69.2 cm³/mol. The van der Waals surface area contributed by atoms with Gasteiger partial charge in [0.15, 0.2) is 0 Å². The Labute approximate surface area is 109 Å². The molecule has 0 bridgehead atoms. The summed E-state index contributed by atoms with van der Waals surface area (Å²) in [7, 11) is 2.15. The zero-order valence-electron chi connectivity index (χ0n) is 11.9. The van der Waals surface area contributed by atoms with Crippen molar-refractivity contribution in [3.05, 3.63) is 0 Å². The first-order chi connectivity index (χ1) is 8.48. The van der Waals surface area contributed by atoms with Crippen LogP contribution in [0.3, 0.4) is 0 Å². The second kappa shape index (κ2) is 3.62. The first kappa shape index (κ1) is 12.3. The van der Waals surface area contributed by atoms with Crippen molar-refractivity contribution in [2.24, 2.45) is 5.41 Å². The van der Waals surface area contributed by atoms with Crippen molar-refractivity contribution >= 4 is 6.09 Å². The van der Waals surface area contributed by atoms with Gasteiger partial charge in [0.25, 0.3) is 0 Å². The Balaban J connectivity index is 1.72. The summed E-state index contributed by atoms with van der Waals surface area (Å²) >= 11 is 0. The van der Waals surface area contributed by atoms with E-state index in [0.29, 0.717) is 18.7 Å². The fourth-order valence-corrected chi connectivity index (χ4v) is 4.06. The molecule has 18 heavy (non-hydrogen) atoms. The average molecular weight is 252 g/mol. The van der Waals surface area contributed by atoms with Crippen LogP contribution in [0.2, 0.25) is 0 Å². The Morgan fingerprint density at radius 2 is 2.11 bits per heavy atom. The summed E-state index contributed by atoms with van der Waals surface area (Å²) in [6, 6.07) is 0.918. The summed E-state index contributed by atoms with van der Waals surface area (Å²) < 4.78 is 5.31. The third-order valence-corrected chi connectivity index (χ3v) is 5.02. The molecule has 0 aromatic carbocycles. The molecule has 0 aromatic heterocycles. The zero-order valence-corrected chi connectivity index (χ0v) is 11.9. The number of likely N-dealkylation sites (N-methyl/N-ethyl adjacent to an activating group) is 1. The fraction of sp³-hybridized carbons (Fsp3) is 0.929. The van der Waals surface area contributed by atoms with E-state index in [4.69, 9.17) is 4.74 Å². The molecule has 3 fully saturated rings. The van der Waals surface area contributed by atoms with Gasteiger partial charge >= 0.3 is 6.09 Å². The van der Waals surface area contributed by atoms with Crippen LogP contribution in [0.15, 0.2) is 0 Å². The molecule has 3 heterocycles. The summed E-state index contributed by atoms with van der Waals surface area (Å²) in [6.45, 7) is 7.21. The topological polar surface area (TPSA) is 32.3 Å². The average Bonchev–Trinajstić information content (AvgIpc) is 3.15. The van der Waals surface area contributed by atoms with E-state index in [1.807, 2.05) is 4.90 Å². The number of fused-ring (bicyclic) bond motifs is 3. The third-order valence-electron chi connectivity index (χ3n) is 5.02. The maximum Gasteiger partial charge on any atom is 0.411 e. The van der Waals surface area contributed by atoms with Gasteiger partial charge in [0.05, 0.1) is 12.1 Å². The van der Waals surface area contributed by atoms with E-state index in [2.05, 4.69) is 32.7 Å². The quantitative estimate of drug-likeness (QED) is 0.569. The number of rotatable bonds is 4. The van der Waals surface area contributed by atoms with Crippen molar-refractivity contribution in [1.82, 2.24) is 9.80 Å². The summed E-state index contributed by atoms with van der Waals surface area (Å²) in [4.78, 5) is 16.2. The van der Waals surface area contributed by atoms with Crippen molar-refractivity contribution in [1.29, 1.82) is 0 Å². The van der Waals surface area contributed by atoms with Crippen LogP contribution in [0.25, 0.3) is 0 Å². The van der Waals surface area contributed by atoms with Gasteiger partial charge in [-0.1, -0.05) is 40.0 Å². The van der Waals surface area contributed by atoms with Crippen molar-refractivity contribution in [2.75, 3.05) is 13.7 Å². The molecule has 3 saturated heterocycles. The van der Waals surface area contributed by atoms with Crippen LogP contribution in [0.5, 0.6) is 0 Å². The lowest BCUT2D eigenvalue weighted by atomic mass is 9.86. The molecule has 3 aliphatic heterocycles. The lowest BCUT2D eigenvalue weighted by molar-refractivity contribution is 0.0494. The minimum absolute atomic E-state index is 0.0187. The highest BCUT2D eigenvalue weighted by molar-refractivity contribution is 5.77. The number of ether oxygens (including phenoxy) is 1. The number of carbonyl (C=O) groups is 1. The van der Waals surface area contributed by atoms with Crippen LogP contribution in [-0.4, -0.2) is 47.3 Å². The minimum atomic E-state index is -0.107. The Kier molecular flexibility index (Phi) is 2.47. The van der Waals surface area contributed by atoms with Crippen LogP contribution in [0.4, 0.5) is 4.79 Å². The normalized spacial score (nSPS) is 43.7. The molecule has 4 atom stereocenters. The standard InChI is InChI=1S/C14H24N2O2/c1-5-6-7-8-10-14(15(10)4)11-13(2,3)9-18-12(17)16(11)14/h10-11H,5-9H2,1-4H3/t10?,11-,14?,15-,16?/m1/s1. The van der Waals surface area contributed by atoms with Gasteiger partial charge in [0.1, 0.15) is 12.3 Å². The number of hydrogen-bond donors (Lipinski definition) is 0. The van der Waals surface area contributed by atoms with Gasteiger partial charge in [-0.25, -0.2) is 4.79 Å². The van der Waals surface area contributed by atoms with E-state index < -0.39 is 0 Å². The first-order valence-electron chi connectivity index (χ1n) is 7.17. The Morgan fingerprint density at radius 1 is 1.39 bits per heavy atom. The van der Waals surface area contributed by atoms with E-state index in [0.717, 1.165) is 0 Å². The highest BCUT2D eigenvalue weighted by Crippen LogP contribution is 2.67. The Morgan fingerprint density at radius 3 is 2.72 bits per heavy atom. The van der Waals surface area contributed by atoms with Crippen molar-refractivity contribution in [2.45, 2.75) is 64.2 Å². The van der Waals surface area contributed by atoms with Crippen molar-refractivity contribution in [3.63, 3.8) is 0 Å². The molecular formula is C14H24N2O2. The largest absolute Gasteiger partial charge is 0.449 e. The second-order valence-electron chi connectivity index (χ2n) is 6.72. The van der Waals surface area contributed by atoms with Gasteiger partial charge in [-0.05, 0) is 13.5 Å². The lowest BCUT2D eigenvalue weighted by Crippen LogP contribution is -2.37. The van der Waals surface area contributed by atoms with Gasteiger partial charge in [0.2, 0.25) is 0 Å². The van der Waals surface area contributed by atoms with Gasteiger partial charge < -0.3 is 4.74 Å². The summed E-state index contributed by atoms with van der Waals surface area (Å²) in [6.07, 6.45) is 4.91. The first-order valence-corrected chi connectivity index (χ1v) is 7.17. The monoisotopic (exact) mass is 252 g/mol. The number of amides is 1. The molecule has 0 N–H and O–H groups in total. The van der Waals surface area contributed by atoms with Gasteiger partial charge in [0, 0.05) is 5.41 Å². The van der Waals surface area contributed by atoms with E-state index >= 15 is 0 Å².